The van der Waals surface area contributed by atoms with Crippen molar-refractivity contribution in [1.29, 1.82) is 0 Å². The second kappa shape index (κ2) is 6.59. The van der Waals surface area contributed by atoms with Crippen molar-refractivity contribution >= 4 is 28.6 Å². The lowest BCUT2D eigenvalue weighted by Gasteiger charge is -2.18. The van der Waals surface area contributed by atoms with Crippen LogP contribution in [-0.2, 0) is 11.2 Å². The fourth-order valence-corrected chi connectivity index (χ4v) is 3.31. The van der Waals surface area contributed by atoms with E-state index in [0.29, 0.717) is 34.3 Å². The molecule has 0 unspecified atom stereocenters. The maximum Gasteiger partial charge on any atom is 0.337 e. The minimum Gasteiger partial charge on any atom is -0.465 e. The molecule has 0 atom stereocenters. The maximum absolute atomic E-state index is 13.0. The summed E-state index contributed by atoms with van der Waals surface area (Å²) in [5.74, 6) is 0.157. The van der Waals surface area contributed by atoms with Gasteiger partial charge in [-0.2, -0.15) is 0 Å². The zero-order chi connectivity index (χ0) is 18.1. The van der Waals surface area contributed by atoms with Crippen LogP contribution in [0.25, 0.3) is 22.6 Å². The highest BCUT2D eigenvalue weighted by atomic mass is 16.5. The highest BCUT2D eigenvalue weighted by Crippen LogP contribution is 2.32. The van der Waals surface area contributed by atoms with Crippen molar-refractivity contribution in [3.05, 3.63) is 75.4 Å². The summed E-state index contributed by atoms with van der Waals surface area (Å²) in [4.78, 5) is 29.0. The number of rotatable bonds is 2. The van der Waals surface area contributed by atoms with Crippen molar-refractivity contribution in [1.82, 2.24) is 4.98 Å². The number of carbonyl (C=O) groups excluding carboxylic acids is 1. The molecule has 0 saturated carbocycles. The van der Waals surface area contributed by atoms with Crippen LogP contribution in [-0.4, -0.2) is 18.1 Å². The smallest absolute Gasteiger partial charge is 0.337 e. The molecule has 0 saturated heterocycles. The summed E-state index contributed by atoms with van der Waals surface area (Å²) in [6, 6.07) is 10.5. The van der Waals surface area contributed by atoms with Crippen molar-refractivity contribution in [3.63, 3.8) is 0 Å². The average Bonchev–Trinajstić information content (AvgIpc) is 2.69. The first-order chi connectivity index (χ1) is 12.7. The van der Waals surface area contributed by atoms with Crippen LogP contribution < -0.4 is 5.43 Å². The zero-order valence-corrected chi connectivity index (χ0v) is 14.3. The van der Waals surface area contributed by atoms with Crippen molar-refractivity contribution < 1.29 is 13.9 Å². The number of aromatic nitrogens is 1. The Bertz CT molecular complexity index is 1080. The monoisotopic (exact) mass is 347 g/mol. The maximum atomic E-state index is 13.0. The van der Waals surface area contributed by atoms with Gasteiger partial charge in [0.1, 0.15) is 11.3 Å². The summed E-state index contributed by atoms with van der Waals surface area (Å²) in [5, 5.41) is 0.408. The SMILES string of the molecule is COC(=O)c1ccc2oc3c(c(=O)c2c1)CCCC3=Cc1ccccn1. The number of hydrogen-bond acceptors (Lipinski definition) is 5. The molecule has 5 nitrogen and oxygen atoms in total. The largest absolute Gasteiger partial charge is 0.465 e. The number of nitrogens with zero attached hydrogens (tertiary/aromatic N) is 1. The molecule has 0 amide bonds. The number of fused-ring (bicyclic) bond motifs is 2. The number of hydrogen-bond donors (Lipinski definition) is 0. The molecule has 0 N–H and O–H groups in total. The molecular formula is C21H17NO4. The number of pyridine rings is 1. The van der Waals surface area contributed by atoms with E-state index in [1.54, 1.807) is 24.4 Å². The second-order valence-corrected chi connectivity index (χ2v) is 6.22. The molecule has 1 aliphatic rings. The van der Waals surface area contributed by atoms with Gasteiger partial charge >= 0.3 is 5.97 Å². The Hall–Kier alpha value is -3.21. The second-order valence-electron chi connectivity index (χ2n) is 6.22. The zero-order valence-electron chi connectivity index (χ0n) is 14.3. The van der Waals surface area contributed by atoms with Crippen LogP contribution in [0, 0.1) is 0 Å². The van der Waals surface area contributed by atoms with E-state index in [2.05, 4.69) is 4.98 Å². The van der Waals surface area contributed by atoms with E-state index >= 15 is 0 Å². The molecule has 2 aromatic heterocycles. The Kier molecular flexibility index (Phi) is 4.13. The summed E-state index contributed by atoms with van der Waals surface area (Å²) >= 11 is 0. The number of carbonyl (C=O) groups is 1. The van der Waals surface area contributed by atoms with Crippen LogP contribution in [0.4, 0.5) is 0 Å². The fraction of sp³-hybridized carbons (Fsp3) is 0.190. The van der Waals surface area contributed by atoms with Gasteiger partial charge in [-0.3, -0.25) is 9.78 Å². The van der Waals surface area contributed by atoms with Crippen LogP contribution in [0.15, 0.2) is 51.8 Å². The highest BCUT2D eigenvalue weighted by molar-refractivity contribution is 5.94. The van der Waals surface area contributed by atoms with Crippen molar-refractivity contribution in [2.24, 2.45) is 0 Å². The van der Waals surface area contributed by atoms with Crippen LogP contribution in [0.2, 0.25) is 0 Å². The van der Waals surface area contributed by atoms with E-state index in [0.717, 1.165) is 24.1 Å². The van der Waals surface area contributed by atoms with Crippen molar-refractivity contribution in [2.75, 3.05) is 7.11 Å². The predicted molar refractivity (Wildman–Crippen MR) is 98.9 cm³/mol. The molecule has 1 aliphatic carbocycles. The van der Waals surface area contributed by atoms with E-state index in [-0.39, 0.29) is 5.43 Å². The van der Waals surface area contributed by atoms with Gasteiger partial charge in [-0.1, -0.05) is 6.07 Å². The molecule has 0 spiro atoms. The van der Waals surface area contributed by atoms with E-state index in [9.17, 15) is 9.59 Å². The topological polar surface area (TPSA) is 69.4 Å². The normalized spacial score (nSPS) is 15.0. The number of benzene rings is 1. The predicted octanol–water partition coefficient (Wildman–Crippen LogP) is 3.85. The molecule has 0 fully saturated rings. The Balaban J connectivity index is 1.89. The average molecular weight is 347 g/mol. The van der Waals surface area contributed by atoms with Crippen LogP contribution in [0.5, 0.6) is 0 Å². The van der Waals surface area contributed by atoms with Crippen LogP contribution >= 0.6 is 0 Å². The van der Waals surface area contributed by atoms with Gasteiger partial charge in [-0.05, 0) is 61.2 Å². The lowest BCUT2D eigenvalue weighted by molar-refractivity contribution is 0.0601. The fourth-order valence-electron chi connectivity index (χ4n) is 3.31. The molecular weight excluding hydrogens is 330 g/mol. The van der Waals surface area contributed by atoms with Gasteiger partial charge in [0.15, 0.2) is 5.43 Å². The molecule has 26 heavy (non-hydrogen) atoms. The Morgan fingerprint density at radius 3 is 2.88 bits per heavy atom. The van der Waals surface area contributed by atoms with Gasteiger partial charge in [0.2, 0.25) is 0 Å². The van der Waals surface area contributed by atoms with Crippen molar-refractivity contribution in [2.45, 2.75) is 19.3 Å². The standard InChI is InChI=1S/C21H17NO4/c1-25-21(24)14-8-9-18-17(12-14)19(23)16-7-4-5-13(20(16)26-18)11-15-6-2-3-10-22-15/h2-3,6,8-12H,4-5,7H2,1H3. The molecule has 0 radical (unpaired) electrons. The summed E-state index contributed by atoms with van der Waals surface area (Å²) in [5.41, 5.74) is 3.19. The summed E-state index contributed by atoms with van der Waals surface area (Å²) < 4.78 is 10.8. The molecule has 0 bridgehead atoms. The molecule has 0 aliphatic heterocycles. The van der Waals surface area contributed by atoms with E-state index in [1.165, 1.54) is 7.11 Å². The molecule has 130 valence electrons. The van der Waals surface area contributed by atoms with Gasteiger partial charge in [0.25, 0.3) is 0 Å². The quantitative estimate of drug-likeness (QED) is 0.659. The Labute approximate surface area is 149 Å². The third-order valence-electron chi connectivity index (χ3n) is 4.58. The summed E-state index contributed by atoms with van der Waals surface area (Å²) in [6.07, 6.45) is 6.07. The summed E-state index contributed by atoms with van der Waals surface area (Å²) in [6.45, 7) is 0. The van der Waals surface area contributed by atoms with Crippen LogP contribution in [0.3, 0.4) is 0 Å². The van der Waals surface area contributed by atoms with Gasteiger partial charge in [0, 0.05) is 11.8 Å². The highest BCUT2D eigenvalue weighted by Gasteiger charge is 2.22. The molecule has 4 rings (SSSR count). The van der Waals surface area contributed by atoms with E-state index in [4.69, 9.17) is 9.15 Å². The number of methoxy groups -OCH3 is 1. The number of ether oxygens (including phenoxy) is 1. The molecule has 1 aromatic carbocycles. The van der Waals surface area contributed by atoms with Gasteiger partial charge in [-0.25, -0.2) is 4.79 Å². The first-order valence-corrected chi connectivity index (χ1v) is 8.47. The lowest BCUT2D eigenvalue weighted by Crippen LogP contribution is -2.16. The van der Waals surface area contributed by atoms with Gasteiger partial charge < -0.3 is 9.15 Å². The third-order valence-corrected chi connectivity index (χ3v) is 4.58. The van der Waals surface area contributed by atoms with E-state index in [1.807, 2.05) is 24.3 Å². The first kappa shape index (κ1) is 16.3. The summed E-state index contributed by atoms with van der Waals surface area (Å²) in [7, 11) is 1.32. The molecule has 2 heterocycles. The minimum absolute atomic E-state index is 0.0846. The number of allylic oxidation sites excluding steroid dienone is 1. The molecule has 3 aromatic rings. The Morgan fingerprint density at radius 1 is 1.23 bits per heavy atom. The minimum atomic E-state index is -0.472. The van der Waals surface area contributed by atoms with E-state index < -0.39 is 5.97 Å². The van der Waals surface area contributed by atoms with Crippen molar-refractivity contribution in [3.8, 4) is 0 Å². The van der Waals surface area contributed by atoms with Gasteiger partial charge in [-0.15, -0.1) is 0 Å². The van der Waals surface area contributed by atoms with Gasteiger partial charge in [0.05, 0.1) is 23.8 Å². The first-order valence-electron chi connectivity index (χ1n) is 8.47. The number of esters is 1. The lowest BCUT2D eigenvalue weighted by atomic mass is 9.90. The Morgan fingerprint density at radius 2 is 2.12 bits per heavy atom. The van der Waals surface area contributed by atoms with Crippen LogP contribution in [0.1, 0.15) is 40.2 Å². The third kappa shape index (κ3) is 2.81. The molecule has 5 heteroatoms.